The van der Waals surface area contributed by atoms with Crippen molar-refractivity contribution >= 4 is 0 Å². The van der Waals surface area contributed by atoms with Gasteiger partial charge in [-0.05, 0) is 26.3 Å². The molecule has 0 aromatic heterocycles. The van der Waals surface area contributed by atoms with E-state index in [0.717, 1.165) is 5.56 Å². The smallest absolute Gasteiger partial charge is 0.113 e. The van der Waals surface area contributed by atoms with Gasteiger partial charge in [-0.2, -0.15) is 0 Å². The van der Waals surface area contributed by atoms with E-state index in [1.165, 1.54) is 0 Å². The molecule has 0 spiro atoms. The van der Waals surface area contributed by atoms with Crippen LogP contribution in [0.4, 0.5) is 0 Å². The van der Waals surface area contributed by atoms with E-state index >= 15 is 0 Å². The summed E-state index contributed by atoms with van der Waals surface area (Å²) in [5, 5.41) is 19.7. The predicted molar refractivity (Wildman–Crippen MR) is 63.0 cm³/mol. The van der Waals surface area contributed by atoms with Gasteiger partial charge in [-0.25, -0.2) is 0 Å². The van der Waals surface area contributed by atoms with E-state index in [1.807, 2.05) is 30.3 Å². The van der Waals surface area contributed by atoms with Crippen molar-refractivity contribution in [3.63, 3.8) is 0 Å². The highest BCUT2D eigenvalue weighted by molar-refractivity contribution is 5.13. The highest BCUT2D eigenvalue weighted by Gasteiger charge is 2.37. The Kier molecular flexibility index (Phi) is 4.08. The number of rotatable bonds is 5. The molecule has 0 radical (unpaired) electrons. The van der Waals surface area contributed by atoms with Crippen molar-refractivity contribution in [2.24, 2.45) is 0 Å². The first-order valence-electron chi connectivity index (χ1n) is 5.39. The Bertz CT molecular complexity index is 312. The Hall–Kier alpha value is -0.900. The zero-order valence-electron chi connectivity index (χ0n) is 10.1. The summed E-state index contributed by atoms with van der Waals surface area (Å²) in [6.07, 6.45) is 0. The summed E-state index contributed by atoms with van der Waals surface area (Å²) in [7, 11) is 0. The molecule has 0 heterocycles. The van der Waals surface area contributed by atoms with E-state index in [-0.39, 0.29) is 6.61 Å². The molecule has 3 nitrogen and oxygen atoms in total. The molecule has 0 aliphatic heterocycles. The minimum absolute atomic E-state index is 0.103. The maximum atomic E-state index is 9.95. The second kappa shape index (κ2) is 4.95. The monoisotopic (exact) mass is 224 g/mol. The Morgan fingerprint density at radius 2 is 1.62 bits per heavy atom. The van der Waals surface area contributed by atoms with Gasteiger partial charge in [-0.3, -0.25) is 0 Å². The lowest BCUT2D eigenvalue weighted by Crippen LogP contribution is -2.51. The average molecular weight is 224 g/mol. The van der Waals surface area contributed by atoms with Gasteiger partial charge >= 0.3 is 0 Å². The van der Waals surface area contributed by atoms with E-state index in [0.29, 0.717) is 6.61 Å². The zero-order chi connectivity index (χ0) is 12.2. The Morgan fingerprint density at radius 3 is 2.12 bits per heavy atom. The molecule has 1 atom stereocenters. The van der Waals surface area contributed by atoms with Crippen LogP contribution in [0.15, 0.2) is 30.3 Å². The second-order valence-corrected chi connectivity index (χ2v) is 4.81. The molecule has 0 amide bonds. The van der Waals surface area contributed by atoms with Crippen LogP contribution in [0.2, 0.25) is 0 Å². The molecule has 90 valence electrons. The topological polar surface area (TPSA) is 49.7 Å². The van der Waals surface area contributed by atoms with Gasteiger partial charge in [0.05, 0.1) is 18.8 Å². The van der Waals surface area contributed by atoms with Crippen molar-refractivity contribution in [1.82, 2.24) is 0 Å². The van der Waals surface area contributed by atoms with Crippen LogP contribution < -0.4 is 0 Å². The summed E-state index contributed by atoms with van der Waals surface area (Å²) in [5.74, 6) is 0. The van der Waals surface area contributed by atoms with Crippen molar-refractivity contribution in [1.29, 1.82) is 0 Å². The Balaban J connectivity index is 2.42. The van der Waals surface area contributed by atoms with Gasteiger partial charge < -0.3 is 14.9 Å². The van der Waals surface area contributed by atoms with Crippen LogP contribution in [-0.4, -0.2) is 28.0 Å². The minimum Gasteiger partial charge on any atom is -0.387 e. The SMILES string of the molecule is CC(C)(O)C(C)(O)COCc1ccccc1. The third-order valence-corrected chi connectivity index (χ3v) is 2.81. The number of aliphatic hydroxyl groups is 2. The highest BCUT2D eigenvalue weighted by Crippen LogP contribution is 2.21. The predicted octanol–water partition coefficient (Wildman–Crippen LogP) is 1.73. The minimum atomic E-state index is -1.25. The van der Waals surface area contributed by atoms with E-state index in [2.05, 4.69) is 0 Å². The molecule has 1 unspecified atom stereocenters. The highest BCUT2D eigenvalue weighted by atomic mass is 16.5. The van der Waals surface area contributed by atoms with Gasteiger partial charge in [0.15, 0.2) is 0 Å². The fourth-order valence-electron chi connectivity index (χ4n) is 1.12. The summed E-state index contributed by atoms with van der Waals surface area (Å²) in [6, 6.07) is 9.73. The molecule has 0 aliphatic rings. The first-order valence-corrected chi connectivity index (χ1v) is 5.39. The lowest BCUT2D eigenvalue weighted by Gasteiger charge is -2.35. The molecule has 16 heavy (non-hydrogen) atoms. The van der Waals surface area contributed by atoms with Gasteiger partial charge in [0.1, 0.15) is 5.60 Å². The Labute approximate surface area is 96.7 Å². The van der Waals surface area contributed by atoms with Crippen molar-refractivity contribution < 1.29 is 14.9 Å². The molecule has 0 saturated carbocycles. The van der Waals surface area contributed by atoms with Crippen LogP contribution in [0.5, 0.6) is 0 Å². The molecule has 2 N–H and O–H groups in total. The van der Waals surface area contributed by atoms with Gasteiger partial charge in [0.25, 0.3) is 0 Å². The number of hydrogen-bond donors (Lipinski definition) is 2. The van der Waals surface area contributed by atoms with Gasteiger partial charge in [-0.1, -0.05) is 30.3 Å². The lowest BCUT2D eigenvalue weighted by atomic mass is 9.89. The van der Waals surface area contributed by atoms with Crippen LogP contribution in [0.3, 0.4) is 0 Å². The van der Waals surface area contributed by atoms with Crippen LogP contribution in [0, 0.1) is 0 Å². The molecular weight excluding hydrogens is 204 g/mol. The molecule has 3 heteroatoms. The van der Waals surface area contributed by atoms with Crippen LogP contribution >= 0.6 is 0 Å². The quantitative estimate of drug-likeness (QED) is 0.800. The first kappa shape index (κ1) is 13.2. The summed E-state index contributed by atoms with van der Waals surface area (Å²) in [6.45, 7) is 5.24. The van der Waals surface area contributed by atoms with Gasteiger partial charge in [0, 0.05) is 0 Å². The first-order chi connectivity index (χ1) is 7.33. The number of ether oxygens (including phenoxy) is 1. The zero-order valence-corrected chi connectivity index (χ0v) is 10.1. The molecule has 0 aliphatic carbocycles. The molecule has 1 aromatic rings. The third kappa shape index (κ3) is 3.59. The molecule has 0 bridgehead atoms. The van der Waals surface area contributed by atoms with Crippen LogP contribution in [0.1, 0.15) is 26.3 Å². The van der Waals surface area contributed by atoms with Crippen LogP contribution in [-0.2, 0) is 11.3 Å². The molecule has 0 saturated heterocycles. The molecular formula is C13H20O3. The number of hydrogen-bond acceptors (Lipinski definition) is 3. The normalized spacial score (nSPS) is 15.8. The van der Waals surface area contributed by atoms with Gasteiger partial charge in [0.2, 0.25) is 0 Å². The molecule has 1 aromatic carbocycles. The summed E-state index contributed by atoms with van der Waals surface area (Å²) < 4.78 is 5.40. The lowest BCUT2D eigenvalue weighted by molar-refractivity contribution is -0.156. The Morgan fingerprint density at radius 1 is 1.06 bits per heavy atom. The fraction of sp³-hybridized carbons (Fsp3) is 0.538. The van der Waals surface area contributed by atoms with E-state index in [1.54, 1.807) is 20.8 Å². The fourth-order valence-corrected chi connectivity index (χ4v) is 1.12. The van der Waals surface area contributed by atoms with E-state index in [4.69, 9.17) is 4.74 Å². The summed E-state index contributed by atoms with van der Waals surface area (Å²) in [4.78, 5) is 0. The van der Waals surface area contributed by atoms with Crippen molar-refractivity contribution in [3.8, 4) is 0 Å². The van der Waals surface area contributed by atoms with E-state index < -0.39 is 11.2 Å². The average Bonchev–Trinajstić information content (AvgIpc) is 2.17. The summed E-state index contributed by atoms with van der Waals surface area (Å²) >= 11 is 0. The molecule has 0 fully saturated rings. The van der Waals surface area contributed by atoms with Crippen molar-refractivity contribution in [2.75, 3.05) is 6.61 Å². The largest absolute Gasteiger partial charge is 0.387 e. The molecule has 1 rings (SSSR count). The summed E-state index contributed by atoms with van der Waals surface area (Å²) in [5.41, 5.74) is -1.38. The van der Waals surface area contributed by atoms with Crippen molar-refractivity contribution in [2.45, 2.75) is 38.6 Å². The van der Waals surface area contributed by atoms with E-state index in [9.17, 15) is 10.2 Å². The maximum absolute atomic E-state index is 9.95. The standard InChI is InChI=1S/C13H20O3/c1-12(2,14)13(3,15)10-16-9-11-7-5-4-6-8-11/h4-8,14-15H,9-10H2,1-3H3. The van der Waals surface area contributed by atoms with Gasteiger partial charge in [-0.15, -0.1) is 0 Å². The number of benzene rings is 1. The maximum Gasteiger partial charge on any atom is 0.113 e. The third-order valence-electron chi connectivity index (χ3n) is 2.81. The second-order valence-electron chi connectivity index (χ2n) is 4.81. The van der Waals surface area contributed by atoms with Crippen LogP contribution in [0.25, 0.3) is 0 Å². The van der Waals surface area contributed by atoms with Crippen molar-refractivity contribution in [3.05, 3.63) is 35.9 Å².